The summed E-state index contributed by atoms with van der Waals surface area (Å²) in [6.07, 6.45) is 0. The standard InChI is InChI=1S/C26H25N/c1-18-5-11-21(12-6-18)24-17-25(22-13-7-19(2)8-14-22)27(4)26(24)23-15-9-20(3)10-16-23/h5-17H,1-4H3. The average Bonchev–Trinajstić information content (AvgIpc) is 3.01. The number of aryl methyl sites for hydroxylation is 3. The van der Waals surface area contributed by atoms with Crippen molar-refractivity contribution in [2.24, 2.45) is 7.05 Å². The van der Waals surface area contributed by atoms with E-state index in [1.165, 1.54) is 50.3 Å². The SMILES string of the molecule is Cc1ccc(-c2cc(-c3ccc(C)cc3)n(C)c2-c2ccc(C)cc2)cc1. The van der Waals surface area contributed by atoms with Gasteiger partial charge in [0.25, 0.3) is 0 Å². The first kappa shape index (κ1) is 17.4. The van der Waals surface area contributed by atoms with Crippen LogP contribution in [0, 0.1) is 20.8 Å². The first-order chi connectivity index (χ1) is 13.0. The predicted octanol–water partition coefficient (Wildman–Crippen LogP) is 6.95. The molecule has 1 aromatic heterocycles. The quantitative estimate of drug-likeness (QED) is 0.376. The molecule has 4 rings (SSSR count). The monoisotopic (exact) mass is 351 g/mol. The van der Waals surface area contributed by atoms with Crippen LogP contribution in [0.1, 0.15) is 16.7 Å². The van der Waals surface area contributed by atoms with Crippen LogP contribution in [0.2, 0.25) is 0 Å². The Balaban J connectivity index is 1.95. The molecule has 1 heterocycles. The van der Waals surface area contributed by atoms with Crippen LogP contribution in [0.4, 0.5) is 0 Å². The van der Waals surface area contributed by atoms with Crippen LogP contribution < -0.4 is 0 Å². The van der Waals surface area contributed by atoms with E-state index in [-0.39, 0.29) is 0 Å². The van der Waals surface area contributed by atoms with Crippen molar-refractivity contribution < 1.29 is 0 Å². The highest BCUT2D eigenvalue weighted by Crippen LogP contribution is 2.38. The average molecular weight is 351 g/mol. The first-order valence-electron chi connectivity index (χ1n) is 9.44. The summed E-state index contributed by atoms with van der Waals surface area (Å²) in [5, 5.41) is 0. The molecule has 1 heteroatoms. The summed E-state index contributed by atoms with van der Waals surface area (Å²) < 4.78 is 2.32. The van der Waals surface area contributed by atoms with E-state index < -0.39 is 0 Å². The molecule has 0 atom stereocenters. The molecule has 0 aliphatic carbocycles. The molecule has 134 valence electrons. The fourth-order valence-electron chi connectivity index (χ4n) is 3.62. The Morgan fingerprint density at radius 2 is 0.926 bits per heavy atom. The normalized spacial score (nSPS) is 11.0. The minimum atomic E-state index is 1.24. The molecule has 0 spiro atoms. The maximum atomic E-state index is 2.32. The van der Waals surface area contributed by atoms with Crippen LogP contribution in [0.25, 0.3) is 33.6 Å². The third-order valence-corrected chi connectivity index (χ3v) is 5.27. The Morgan fingerprint density at radius 3 is 1.41 bits per heavy atom. The third-order valence-electron chi connectivity index (χ3n) is 5.27. The zero-order valence-corrected chi connectivity index (χ0v) is 16.5. The Morgan fingerprint density at radius 1 is 0.519 bits per heavy atom. The van der Waals surface area contributed by atoms with E-state index >= 15 is 0 Å². The lowest BCUT2D eigenvalue weighted by molar-refractivity contribution is 0.946. The molecule has 0 unspecified atom stereocenters. The molecule has 0 fully saturated rings. The fraction of sp³-hybridized carbons (Fsp3) is 0.154. The van der Waals surface area contributed by atoms with Gasteiger partial charge in [0.2, 0.25) is 0 Å². The molecule has 0 saturated heterocycles. The molecule has 27 heavy (non-hydrogen) atoms. The van der Waals surface area contributed by atoms with Crippen molar-refractivity contribution in [2.45, 2.75) is 20.8 Å². The van der Waals surface area contributed by atoms with Gasteiger partial charge in [-0.2, -0.15) is 0 Å². The molecule has 0 aliphatic rings. The summed E-state index contributed by atoms with van der Waals surface area (Å²) in [4.78, 5) is 0. The maximum Gasteiger partial charge on any atom is 0.0562 e. The number of rotatable bonds is 3. The van der Waals surface area contributed by atoms with Crippen LogP contribution in [0.5, 0.6) is 0 Å². The van der Waals surface area contributed by atoms with Gasteiger partial charge in [0.05, 0.1) is 5.69 Å². The second kappa shape index (κ2) is 6.92. The summed E-state index contributed by atoms with van der Waals surface area (Å²) >= 11 is 0. The molecule has 1 nitrogen and oxygen atoms in total. The van der Waals surface area contributed by atoms with E-state index in [1.54, 1.807) is 0 Å². The molecule has 0 bridgehead atoms. The van der Waals surface area contributed by atoms with E-state index in [9.17, 15) is 0 Å². The summed E-state index contributed by atoms with van der Waals surface area (Å²) in [5.41, 5.74) is 11.4. The van der Waals surface area contributed by atoms with Gasteiger partial charge in [-0.05, 0) is 43.5 Å². The highest BCUT2D eigenvalue weighted by Gasteiger charge is 2.17. The van der Waals surface area contributed by atoms with E-state index in [0.717, 1.165) is 0 Å². The summed E-state index contributed by atoms with van der Waals surface area (Å²) in [7, 11) is 2.17. The number of aromatic nitrogens is 1. The zero-order chi connectivity index (χ0) is 19.0. The molecular weight excluding hydrogens is 326 g/mol. The van der Waals surface area contributed by atoms with E-state index in [0.29, 0.717) is 0 Å². The van der Waals surface area contributed by atoms with Crippen molar-refractivity contribution in [1.82, 2.24) is 4.57 Å². The van der Waals surface area contributed by atoms with Crippen molar-refractivity contribution in [3.8, 4) is 33.6 Å². The maximum absolute atomic E-state index is 2.32. The minimum absolute atomic E-state index is 1.24. The second-order valence-corrected chi connectivity index (χ2v) is 7.45. The molecule has 0 radical (unpaired) electrons. The van der Waals surface area contributed by atoms with Crippen molar-refractivity contribution in [3.63, 3.8) is 0 Å². The Bertz CT molecular complexity index is 1060. The molecule has 0 aliphatic heterocycles. The van der Waals surface area contributed by atoms with Crippen molar-refractivity contribution in [3.05, 3.63) is 95.6 Å². The zero-order valence-electron chi connectivity index (χ0n) is 16.5. The van der Waals surface area contributed by atoms with E-state index in [2.05, 4.69) is 111 Å². The van der Waals surface area contributed by atoms with Gasteiger partial charge in [-0.3, -0.25) is 0 Å². The molecular formula is C26H25N. The Hall–Kier alpha value is -3.06. The van der Waals surface area contributed by atoms with Gasteiger partial charge in [-0.25, -0.2) is 0 Å². The number of nitrogens with zero attached hydrogens (tertiary/aromatic N) is 1. The second-order valence-electron chi connectivity index (χ2n) is 7.45. The van der Waals surface area contributed by atoms with Crippen LogP contribution in [-0.2, 0) is 7.05 Å². The van der Waals surface area contributed by atoms with Gasteiger partial charge in [0.15, 0.2) is 0 Å². The van der Waals surface area contributed by atoms with E-state index in [4.69, 9.17) is 0 Å². The largest absolute Gasteiger partial charge is 0.343 e. The summed E-state index contributed by atoms with van der Waals surface area (Å²) in [5.74, 6) is 0. The topological polar surface area (TPSA) is 4.93 Å². The van der Waals surface area contributed by atoms with Crippen molar-refractivity contribution in [2.75, 3.05) is 0 Å². The van der Waals surface area contributed by atoms with Gasteiger partial charge in [-0.1, -0.05) is 89.5 Å². The highest BCUT2D eigenvalue weighted by molar-refractivity contribution is 5.87. The van der Waals surface area contributed by atoms with Crippen molar-refractivity contribution >= 4 is 0 Å². The predicted molar refractivity (Wildman–Crippen MR) is 116 cm³/mol. The molecule has 4 aromatic rings. The highest BCUT2D eigenvalue weighted by atomic mass is 15.0. The number of hydrogen-bond acceptors (Lipinski definition) is 0. The van der Waals surface area contributed by atoms with Crippen LogP contribution in [0.15, 0.2) is 78.9 Å². The summed E-state index contributed by atoms with van der Waals surface area (Å²) in [6.45, 7) is 6.39. The third kappa shape index (κ3) is 3.33. The fourth-order valence-corrected chi connectivity index (χ4v) is 3.62. The van der Waals surface area contributed by atoms with Gasteiger partial charge in [0.1, 0.15) is 0 Å². The van der Waals surface area contributed by atoms with Gasteiger partial charge < -0.3 is 4.57 Å². The van der Waals surface area contributed by atoms with E-state index in [1.807, 2.05) is 0 Å². The van der Waals surface area contributed by atoms with Gasteiger partial charge >= 0.3 is 0 Å². The minimum Gasteiger partial charge on any atom is -0.343 e. The lowest BCUT2D eigenvalue weighted by Crippen LogP contribution is -1.95. The molecule has 0 N–H and O–H groups in total. The van der Waals surface area contributed by atoms with Crippen molar-refractivity contribution in [1.29, 1.82) is 0 Å². The Kier molecular flexibility index (Phi) is 4.45. The number of benzene rings is 3. The smallest absolute Gasteiger partial charge is 0.0562 e. The van der Waals surface area contributed by atoms with Crippen LogP contribution in [0.3, 0.4) is 0 Å². The molecule has 0 amide bonds. The molecule has 3 aromatic carbocycles. The summed E-state index contributed by atoms with van der Waals surface area (Å²) in [6, 6.07) is 28.7. The first-order valence-corrected chi connectivity index (χ1v) is 9.44. The van der Waals surface area contributed by atoms with Gasteiger partial charge in [0, 0.05) is 18.3 Å². The van der Waals surface area contributed by atoms with Gasteiger partial charge in [-0.15, -0.1) is 0 Å². The Labute approximate surface area is 161 Å². The van der Waals surface area contributed by atoms with Crippen LogP contribution >= 0.6 is 0 Å². The lowest BCUT2D eigenvalue weighted by atomic mass is 9.99. The molecule has 0 saturated carbocycles. The van der Waals surface area contributed by atoms with Crippen LogP contribution in [-0.4, -0.2) is 4.57 Å². The lowest BCUT2D eigenvalue weighted by Gasteiger charge is -2.11. The number of hydrogen-bond donors (Lipinski definition) is 0.